The van der Waals surface area contributed by atoms with Crippen molar-refractivity contribution < 1.29 is 0 Å². The van der Waals surface area contributed by atoms with Gasteiger partial charge in [0.05, 0.1) is 3.96 Å². The minimum absolute atomic E-state index is 0.375. The van der Waals surface area contributed by atoms with Crippen molar-refractivity contribution >= 4 is 33.4 Å². The molecule has 0 aliphatic carbocycles. The monoisotopic (exact) mass is 142 g/mol. The molecule has 3 heteroatoms. The lowest BCUT2D eigenvalue weighted by Crippen LogP contribution is -2.08. The van der Waals surface area contributed by atoms with E-state index >= 15 is 0 Å². The van der Waals surface area contributed by atoms with Crippen LogP contribution in [0.25, 0.3) is 0 Å². The molecule has 0 bridgehead atoms. The first-order chi connectivity index (χ1) is 2.56. The summed E-state index contributed by atoms with van der Waals surface area (Å²) in [6, 6.07) is 0. The van der Waals surface area contributed by atoms with E-state index in [0.717, 1.165) is 16.7 Å². The van der Waals surface area contributed by atoms with Crippen LogP contribution in [0.5, 0.6) is 0 Å². The zero-order chi connectivity index (χ0) is 5.21. The van der Waals surface area contributed by atoms with Gasteiger partial charge in [0.25, 0.3) is 0 Å². The maximum Gasteiger partial charge on any atom is 0.0970 e. The van der Waals surface area contributed by atoms with Crippen molar-refractivity contribution in [2.75, 3.05) is 0 Å². The van der Waals surface area contributed by atoms with Gasteiger partial charge in [0.15, 0.2) is 0 Å². The molecule has 0 amide bonds. The number of hydrogen-bond acceptors (Lipinski definition) is 0. The smallest absolute Gasteiger partial charge is 0.0970 e. The molecule has 0 aliphatic heterocycles. The first-order valence-electron chi connectivity index (χ1n) is 1.94. The molecule has 0 heterocycles. The van der Waals surface area contributed by atoms with Gasteiger partial charge in [0.1, 0.15) is 0 Å². The summed E-state index contributed by atoms with van der Waals surface area (Å²) in [7, 11) is 0.860. The third-order valence-electron chi connectivity index (χ3n) is 0.621. The minimum atomic E-state index is -0.375. The number of rotatable bonds is 1. The average molecular weight is 143 g/mol. The molecule has 38 valence electrons. The largest absolute Gasteiger partial charge is 0.107 e. The molecule has 0 saturated carbocycles. The quantitative estimate of drug-likeness (QED) is 0.377. The number of hydrogen-bond donors (Lipinski definition) is 0. The fourth-order valence-corrected chi connectivity index (χ4v) is 0. The second kappa shape index (κ2) is 2.19. The first-order valence-corrected chi connectivity index (χ1v) is 3.69. The minimum Gasteiger partial charge on any atom is -0.107 e. The molecule has 0 radical (unpaired) electrons. The van der Waals surface area contributed by atoms with Gasteiger partial charge >= 0.3 is 0 Å². The van der Waals surface area contributed by atoms with Crippen molar-refractivity contribution in [3.8, 4) is 0 Å². The Labute approximate surface area is 51.2 Å². The van der Waals surface area contributed by atoms with E-state index in [0.29, 0.717) is 0 Å². The molecule has 0 aliphatic rings. The van der Waals surface area contributed by atoms with Crippen molar-refractivity contribution in [2.45, 2.75) is 17.3 Å². The van der Waals surface area contributed by atoms with Crippen LogP contribution in [0, 0.1) is 0 Å². The fourth-order valence-electron chi connectivity index (χ4n) is 0. The SMILES string of the molecule is CCC([SiH3])(Cl)Cl. The highest BCUT2D eigenvalue weighted by molar-refractivity contribution is 6.65. The molecule has 0 aromatic carbocycles. The normalized spacial score (nSPS) is 12.5. The topological polar surface area (TPSA) is 0 Å². The van der Waals surface area contributed by atoms with Crippen LogP contribution < -0.4 is 0 Å². The molecule has 0 atom stereocenters. The second-order valence-electron chi connectivity index (χ2n) is 1.42. The van der Waals surface area contributed by atoms with E-state index in [1.54, 1.807) is 0 Å². The summed E-state index contributed by atoms with van der Waals surface area (Å²) in [5.41, 5.74) is 0. The molecule has 0 aromatic heterocycles. The van der Waals surface area contributed by atoms with Crippen LogP contribution in [0.2, 0.25) is 0 Å². The third-order valence-corrected chi connectivity index (χ3v) is 1.86. The highest BCUT2D eigenvalue weighted by atomic mass is 35.5. The Balaban J connectivity index is 3.17. The van der Waals surface area contributed by atoms with Gasteiger partial charge in [-0.05, 0) is 6.42 Å². The summed E-state index contributed by atoms with van der Waals surface area (Å²) in [6.45, 7) is 1.98. The van der Waals surface area contributed by atoms with E-state index < -0.39 is 0 Å². The van der Waals surface area contributed by atoms with Crippen LogP contribution >= 0.6 is 23.2 Å². The molecule has 0 aromatic rings. The molecule has 0 N–H and O–H groups in total. The molecule has 0 spiro atoms. The van der Waals surface area contributed by atoms with Crippen LogP contribution in [0.1, 0.15) is 13.3 Å². The Kier molecular flexibility index (Phi) is 2.49. The van der Waals surface area contributed by atoms with E-state index in [1.807, 2.05) is 6.92 Å². The molecule has 0 unspecified atom stereocenters. The third kappa shape index (κ3) is 4.80. The Morgan fingerprint density at radius 3 is 1.83 bits per heavy atom. The van der Waals surface area contributed by atoms with Crippen LogP contribution in [0.4, 0.5) is 0 Å². The summed E-state index contributed by atoms with van der Waals surface area (Å²) < 4.78 is -0.375. The van der Waals surface area contributed by atoms with Gasteiger partial charge in [-0.25, -0.2) is 0 Å². The van der Waals surface area contributed by atoms with Crippen molar-refractivity contribution in [2.24, 2.45) is 0 Å². The Morgan fingerprint density at radius 2 is 1.83 bits per heavy atom. The van der Waals surface area contributed by atoms with Gasteiger partial charge in [0, 0.05) is 10.2 Å². The van der Waals surface area contributed by atoms with Crippen LogP contribution in [0.15, 0.2) is 0 Å². The van der Waals surface area contributed by atoms with Crippen molar-refractivity contribution in [1.82, 2.24) is 0 Å². The Bertz CT molecular complexity index is 38.5. The molecular weight excluding hydrogens is 135 g/mol. The second-order valence-corrected chi connectivity index (χ2v) is 6.26. The summed E-state index contributed by atoms with van der Waals surface area (Å²) in [4.78, 5) is 0. The Morgan fingerprint density at radius 1 is 1.67 bits per heavy atom. The van der Waals surface area contributed by atoms with E-state index in [9.17, 15) is 0 Å². The highest BCUT2D eigenvalue weighted by Gasteiger charge is 2.10. The Hall–Kier alpha value is 0.797. The highest BCUT2D eigenvalue weighted by Crippen LogP contribution is 2.18. The standard InChI is InChI=1S/C3H8Cl2Si/c1-2-3(4,5)6/h2H2,1,6H3. The van der Waals surface area contributed by atoms with Crippen molar-refractivity contribution in [3.63, 3.8) is 0 Å². The van der Waals surface area contributed by atoms with E-state index in [-0.39, 0.29) is 3.96 Å². The summed E-state index contributed by atoms with van der Waals surface area (Å²) in [6.07, 6.45) is 0.863. The molecular formula is C3H8Cl2Si. The molecule has 6 heavy (non-hydrogen) atoms. The van der Waals surface area contributed by atoms with Crippen molar-refractivity contribution in [3.05, 3.63) is 0 Å². The molecule has 0 rings (SSSR count). The van der Waals surface area contributed by atoms with Crippen LogP contribution in [0.3, 0.4) is 0 Å². The number of halogens is 2. The van der Waals surface area contributed by atoms with Gasteiger partial charge in [-0.3, -0.25) is 0 Å². The lowest BCUT2D eigenvalue weighted by atomic mass is 10.6. The summed E-state index contributed by atoms with van der Waals surface area (Å²) in [5.74, 6) is 0. The summed E-state index contributed by atoms with van der Waals surface area (Å²) >= 11 is 11.1. The fraction of sp³-hybridized carbons (Fsp3) is 1.00. The van der Waals surface area contributed by atoms with Gasteiger partial charge in [0.2, 0.25) is 0 Å². The lowest BCUT2D eigenvalue weighted by molar-refractivity contribution is 0.973. The van der Waals surface area contributed by atoms with Gasteiger partial charge in [-0.1, -0.05) is 6.92 Å². The summed E-state index contributed by atoms with van der Waals surface area (Å²) in [5, 5.41) is 0. The average Bonchev–Trinajstić information content (AvgIpc) is 1.35. The zero-order valence-corrected chi connectivity index (χ0v) is 7.47. The van der Waals surface area contributed by atoms with Gasteiger partial charge < -0.3 is 0 Å². The lowest BCUT2D eigenvalue weighted by Gasteiger charge is -2.06. The molecule has 0 fully saturated rings. The van der Waals surface area contributed by atoms with Gasteiger partial charge in [-0.15, -0.1) is 23.2 Å². The van der Waals surface area contributed by atoms with Crippen LogP contribution in [-0.4, -0.2) is 14.2 Å². The molecule has 0 saturated heterocycles. The van der Waals surface area contributed by atoms with E-state index in [4.69, 9.17) is 23.2 Å². The molecule has 0 nitrogen and oxygen atoms in total. The maximum atomic E-state index is 5.54. The van der Waals surface area contributed by atoms with E-state index in [1.165, 1.54) is 0 Å². The first kappa shape index (κ1) is 6.80. The van der Waals surface area contributed by atoms with E-state index in [2.05, 4.69) is 0 Å². The van der Waals surface area contributed by atoms with Crippen molar-refractivity contribution in [1.29, 1.82) is 0 Å². The van der Waals surface area contributed by atoms with Crippen LogP contribution in [-0.2, 0) is 0 Å². The zero-order valence-electron chi connectivity index (χ0n) is 3.96. The number of alkyl halides is 2. The van der Waals surface area contributed by atoms with Gasteiger partial charge in [-0.2, -0.15) is 0 Å². The predicted molar refractivity (Wildman–Crippen MR) is 34.7 cm³/mol. The maximum absolute atomic E-state index is 5.54. The predicted octanol–water partition coefficient (Wildman–Crippen LogP) is 0.893.